The van der Waals surface area contributed by atoms with Gasteiger partial charge in [-0.3, -0.25) is 9.48 Å². The third-order valence-electron chi connectivity index (χ3n) is 2.45. The minimum absolute atomic E-state index is 0.0752. The van der Waals surface area contributed by atoms with Crippen molar-refractivity contribution in [1.29, 1.82) is 0 Å². The fourth-order valence-electron chi connectivity index (χ4n) is 1.54. The number of primary amides is 1. The molecule has 0 saturated heterocycles. The molecule has 0 atom stereocenters. The molecule has 3 N–H and O–H groups in total. The highest BCUT2D eigenvalue weighted by atomic mass is 16.5. The van der Waals surface area contributed by atoms with E-state index in [1.807, 2.05) is 6.07 Å². The molecule has 0 radical (unpaired) electrons. The Labute approximate surface area is 110 Å². The predicted molar refractivity (Wildman–Crippen MR) is 69.5 cm³/mol. The van der Waals surface area contributed by atoms with Crippen LogP contribution in [0.1, 0.15) is 5.56 Å². The van der Waals surface area contributed by atoms with Gasteiger partial charge in [0, 0.05) is 25.0 Å². The van der Waals surface area contributed by atoms with Crippen LogP contribution < -0.4 is 15.8 Å². The van der Waals surface area contributed by atoms with Gasteiger partial charge >= 0.3 is 0 Å². The number of aromatic nitrogens is 3. The maximum absolute atomic E-state index is 10.7. The van der Waals surface area contributed by atoms with Gasteiger partial charge in [0.15, 0.2) is 0 Å². The Balaban J connectivity index is 1.90. The number of ether oxygens (including phenoxy) is 1. The van der Waals surface area contributed by atoms with E-state index >= 15 is 0 Å². The molecular formula is C12H15N5O2. The molecule has 0 spiro atoms. The molecule has 0 fully saturated rings. The van der Waals surface area contributed by atoms with Crippen LogP contribution in [0.4, 0.5) is 5.69 Å². The summed E-state index contributed by atoms with van der Waals surface area (Å²) >= 11 is 0. The Morgan fingerprint density at radius 2 is 2.32 bits per heavy atom. The molecule has 2 aromatic heterocycles. The first-order valence-electron chi connectivity index (χ1n) is 5.71. The van der Waals surface area contributed by atoms with Crippen molar-refractivity contribution in [1.82, 2.24) is 14.8 Å². The van der Waals surface area contributed by atoms with E-state index in [0.29, 0.717) is 12.4 Å². The minimum Gasteiger partial charge on any atom is -0.481 e. The van der Waals surface area contributed by atoms with Crippen molar-refractivity contribution < 1.29 is 9.53 Å². The summed E-state index contributed by atoms with van der Waals surface area (Å²) in [4.78, 5) is 14.8. The smallest absolute Gasteiger partial charge is 0.239 e. The van der Waals surface area contributed by atoms with E-state index < -0.39 is 5.91 Å². The summed E-state index contributed by atoms with van der Waals surface area (Å²) in [6.07, 6.45) is 5.10. The lowest BCUT2D eigenvalue weighted by atomic mass is 10.3. The molecule has 2 aromatic rings. The monoisotopic (exact) mass is 261 g/mol. The first kappa shape index (κ1) is 12.9. The minimum atomic E-state index is -0.422. The molecule has 2 rings (SSSR count). The molecule has 0 aliphatic heterocycles. The number of anilines is 1. The lowest BCUT2D eigenvalue weighted by Crippen LogP contribution is -2.18. The second-order valence-electron chi connectivity index (χ2n) is 3.96. The van der Waals surface area contributed by atoms with E-state index in [9.17, 15) is 4.79 Å². The van der Waals surface area contributed by atoms with Crippen molar-refractivity contribution in [3.63, 3.8) is 0 Å². The van der Waals surface area contributed by atoms with Crippen LogP contribution >= 0.6 is 0 Å². The van der Waals surface area contributed by atoms with Crippen LogP contribution in [0.15, 0.2) is 30.7 Å². The number of nitrogens with zero attached hydrogens (tertiary/aromatic N) is 3. The van der Waals surface area contributed by atoms with E-state index in [-0.39, 0.29) is 6.54 Å². The zero-order valence-electron chi connectivity index (χ0n) is 10.5. The summed E-state index contributed by atoms with van der Waals surface area (Å²) < 4.78 is 6.47. The number of nitrogens with two attached hydrogens (primary N) is 1. The number of methoxy groups -OCH3 is 1. The normalized spacial score (nSPS) is 10.2. The summed E-state index contributed by atoms with van der Waals surface area (Å²) in [7, 11) is 1.58. The second kappa shape index (κ2) is 5.85. The number of hydrogen-bond donors (Lipinski definition) is 2. The van der Waals surface area contributed by atoms with Gasteiger partial charge in [0.05, 0.1) is 19.0 Å². The molecule has 7 heteroatoms. The van der Waals surface area contributed by atoms with Gasteiger partial charge in [-0.2, -0.15) is 5.10 Å². The summed E-state index contributed by atoms with van der Waals surface area (Å²) in [5.41, 5.74) is 6.92. The third kappa shape index (κ3) is 3.70. The number of nitrogens with one attached hydrogen (secondary N) is 1. The third-order valence-corrected chi connectivity index (χ3v) is 2.45. The Morgan fingerprint density at radius 1 is 1.47 bits per heavy atom. The van der Waals surface area contributed by atoms with Crippen molar-refractivity contribution in [2.75, 3.05) is 12.4 Å². The van der Waals surface area contributed by atoms with Gasteiger partial charge in [0.25, 0.3) is 0 Å². The zero-order chi connectivity index (χ0) is 13.7. The van der Waals surface area contributed by atoms with Crippen molar-refractivity contribution in [2.45, 2.75) is 13.1 Å². The molecule has 0 bridgehead atoms. The lowest BCUT2D eigenvalue weighted by Gasteiger charge is -2.04. The molecule has 19 heavy (non-hydrogen) atoms. The summed E-state index contributed by atoms with van der Waals surface area (Å²) in [6.45, 7) is 0.686. The van der Waals surface area contributed by atoms with Crippen LogP contribution in [-0.2, 0) is 17.9 Å². The van der Waals surface area contributed by atoms with Gasteiger partial charge in [0.1, 0.15) is 6.54 Å². The SMILES string of the molecule is COc1ccc(CNc2cnn(CC(N)=O)c2)cn1. The Hall–Kier alpha value is -2.57. The molecule has 100 valence electrons. The number of carbonyl (C=O) groups excluding carboxylic acids is 1. The average molecular weight is 261 g/mol. The van der Waals surface area contributed by atoms with Crippen LogP contribution in [0.3, 0.4) is 0 Å². The molecule has 0 aliphatic rings. The van der Waals surface area contributed by atoms with Gasteiger partial charge in [-0.1, -0.05) is 6.07 Å². The van der Waals surface area contributed by atoms with E-state index in [1.165, 1.54) is 4.68 Å². The number of hydrogen-bond acceptors (Lipinski definition) is 5. The predicted octanol–water partition coefficient (Wildman–Crippen LogP) is 0.384. The fraction of sp³-hybridized carbons (Fsp3) is 0.250. The van der Waals surface area contributed by atoms with Gasteiger partial charge in [-0.25, -0.2) is 4.98 Å². The highest BCUT2D eigenvalue weighted by molar-refractivity contribution is 5.73. The highest BCUT2D eigenvalue weighted by Gasteiger charge is 2.01. The van der Waals surface area contributed by atoms with Crippen molar-refractivity contribution in [3.8, 4) is 5.88 Å². The average Bonchev–Trinajstić information content (AvgIpc) is 2.84. The number of carbonyl (C=O) groups is 1. The Morgan fingerprint density at radius 3 is 2.95 bits per heavy atom. The van der Waals surface area contributed by atoms with E-state index in [4.69, 9.17) is 10.5 Å². The largest absolute Gasteiger partial charge is 0.481 e. The Bertz CT molecular complexity index is 550. The van der Waals surface area contributed by atoms with Gasteiger partial charge in [-0.05, 0) is 5.56 Å². The lowest BCUT2D eigenvalue weighted by molar-refractivity contribution is -0.118. The van der Waals surface area contributed by atoms with Crippen LogP contribution in [-0.4, -0.2) is 27.8 Å². The molecule has 2 heterocycles. The topological polar surface area (TPSA) is 95.1 Å². The molecule has 1 amide bonds. The molecular weight excluding hydrogens is 246 g/mol. The van der Waals surface area contributed by atoms with Crippen LogP contribution in [0.2, 0.25) is 0 Å². The summed E-state index contributed by atoms with van der Waals surface area (Å²) in [5.74, 6) is 0.159. The molecule has 0 saturated carbocycles. The first-order chi connectivity index (χ1) is 9.17. The van der Waals surface area contributed by atoms with Crippen molar-refractivity contribution in [2.24, 2.45) is 5.73 Å². The van der Waals surface area contributed by atoms with Crippen LogP contribution in [0.5, 0.6) is 5.88 Å². The summed E-state index contributed by atoms with van der Waals surface area (Å²) in [6, 6.07) is 3.72. The van der Waals surface area contributed by atoms with Gasteiger partial charge in [-0.15, -0.1) is 0 Å². The fourth-order valence-corrected chi connectivity index (χ4v) is 1.54. The van der Waals surface area contributed by atoms with E-state index in [0.717, 1.165) is 11.3 Å². The number of pyridine rings is 1. The first-order valence-corrected chi connectivity index (χ1v) is 5.71. The molecule has 0 aliphatic carbocycles. The quantitative estimate of drug-likeness (QED) is 0.784. The number of rotatable bonds is 6. The number of amides is 1. The van der Waals surface area contributed by atoms with Crippen LogP contribution in [0, 0.1) is 0 Å². The van der Waals surface area contributed by atoms with Gasteiger partial charge in [0.2, 0.25) is 11.8 Å². The Kier molecular flexibility index (Phi) is 3.97. The highest BCUT2D eigenvalue weighted by Crippen LogP contribution is 2.10. The van der Waals surface area contributed by atoms with Crippen molar-refractivity contribution >= 4 is 11.6 Å². The molecule has 7 nitrogen and oxygen atoms in total. The van der Waals surface area contributed by atoms with Crippen molar-refractivity contribution in [3.05, 3.63) is 36.3 Å². The second-order valence-corrected chi connectivity index (χ2v) is 3.96. The van der Waals surface area contributed by atoms with Crippen LogP contribution in [0.25, 0.3) is 0 Å². The summed E-state index contributed by atoms with van der Waals surface area (Å²) in [5, 5.41) is 7.19. The standard InChI is InChI=1S/C12H15N5O2/c1-19-12-3-2-9(5-15-12)4-14-10-6-16-17(7-10)8-11(13)18/h2-3,5-7,14H,4,8H2,1H3,(H2,13,18). The van der Waals surface area contributed by atoms with Gasteiger partial charge < -0.3 is 15.8 Å². The molecule has 0 unspecified atom stereocenters. The zero-order valence-corrected chi connectivity index (χ0v) is 10.5. The maximum atomic E-state index is 10.7. The maximum Gasteiger partial charge on any atom is 0.239 e. The van der Waals surface area contributed by atoms with E-state index in [2.05, 4.69) is 15.4 Å². The molecule has 0 aromatic carbocycles. The van der Waals surface area contributed by atoms with E-state index in [1.54, 1.807) is 31.8 Å².